The average molecular weight is 386 g/mol. The van der Waals surface area contributed by atoms with Crippen LogP contribution in [0.3, 0.4) is 0 Å². The van der Waals surface area contributed by atoms with Crippen LogP contribution in [0.25, 0.3) is 0 Å². The van der Waals surface area contributed by atoms with Gasteiger partial charge in [0.15, 0.2) is 15.6 Å². The van der Waals surface area contributed by atoms with Crippen LogP contribution >= 0.6 is 0 Å². The molecule has 2 heterocycles. The molecular formula is C15H18N2O6S2. The van der Waals surface area contributed by atoms with E-state index in [4.69, 9.17) is 9.26 Å². The van der Waals surface area contributed by atoms with Crippen LogP contribution in [-0.4, -0.2) is 51.7 Å². The van der Waals surface area contributed by atoms with Gasteiger partial charge in [0.25, 0.3) is 0 Å². The number of sulfonamides is 1. The van der Waals surface area contributed by atoms with Crippen molar-refractivity contribution in [3.05, 3.63) is 35.7 Å². The molecule has 0 radical (unpaired) electrons. The lowest BCUT2D eigenvalue weighted by Gasteiger charge is -2.37. The first kappa shape index (κ1) is 17.9. The lowest BCUT2D eigenvalue weighted by atomic mass is 10.3. The molecule has 0 saturated carbocycles. The van der Waals surface area contributed by atoms with Crippen LogP contribution in [-0.2, 0) is 19.9 Å². The van der Waals surface area contributed by atoms with Gasteiger partial charge in [-0.05, 0) is 38.1 Å². The van der Waals surface area contributed by atoms with Crippen LogP contribution in [0, 0.1) is 13.8 Å². The van der Waals surface area contributed by atoms with E-state index < -0.39 is 25.1 Å². The fourth-order valence-electron chi connectivity index (χ4n) is 2.72. The van der Waals surface area contributed by atoms with Gasteiger partial charge < -0.3 is 9.26 Å². The Morgan fingerprint density at radius 1 is 1.12 bits per heavy atom. The summed E-state index contributed by atoms with van der Waals surface area (Å²) < 4.78 is 61.5. The number of aryl methyl sites for hydroxylation is 2. The molecule has 2 aromatic rings. The van der Waals surface area contributed by atoms with Crippen molar-refractivity contribution in [1.82, 2.24) is 9.46 Å². The van der Waals surface area contributed by atoms with Crippen molar-refractivity contribution in [1.29, 1.82) is 0 Å². The summed E-state index contributed by atoms with van der Waals surface area (Å²) in [7, 11) is -5.93. The molecule has 136 valence electrons. The molecule has 25 heavy (non-hydrogen) atoms. The maximum Gasteiger partial charge on any atom is 0.248 e. The van der Waals surface area contributed by atoms with Crippen molar-refractivity contribution in [2.24, 2.45) is 0 Å². The summed E-state index contributed by atoms with van der Waals surface area (Å²) in [5.74, 6) is 0.745. The highest BCUT2D eigenvalue weighted by atomic mass is 32.2. The number of nitrogens with zero attached hydrogens (tertiary/aromatic N) is 2. The van der Waals surface area contributed by atoms with E-state index >= 15 is 0 Å². The van der Waals surface area contributed by atoms with E-state index in [-0.39, 0.29) is 34.3 Å². The van der Waals surface area contributed by atoms with Gasteiger partial charge in [-0.25, -0.2) is 16.8 Å². The van der Waals surface area contributed by atoms with Crippen LogP contribution in [0.15, 0.2) is 38.6 Å². The van der Waals surface area contributed by atoms with Crippen molar-refractivity contribution in [2.75, 3.05) is 20.2 Å². The molecule has 0 unspecified atom stereocenters. The standard InChI is InChI=1S/C15H18N2O6S2/c1-10-15(11(2)23-16-10)25(20,21)17-8-14(9-17)24(18,19)13-6-4-12(22-3)5-7-13/h4-7,14H,8-9H2,1-3H3. The summed E-state index contributed by atoms with van der Waals surface area (Å²) in [4.78, 5) is 0.153. The Morgan fingerprint density at radius 3 is 2.20 bits per heavy atom. The fraction of sp³-hybridized carbons (Fsp3) is 0.400. The number of ether oxygens (including phenoxy) is 1. The van der Waals surface area contributed by atoms with E-state index in [1.54, 1.807) is 12.1 Å². The number of methoxy groups -OCH3 is 1. The van der Waals surface area contributed by atoms with E-state index in [1.165, 1.54) is 33.1 Å². The van der Waals surface area contributed by atoms with Gasteiger partial charge in [-0.1, -0.05) is 5.16 Å². The predicted octanol–water partition coefficient (Wildman–Crippen LogP) is 1.15. The quantitative estimate of drug-likeness (QED) is 0.758. The molecule has 10 heteroatoms. The second-order valence-electron chi connectivity index (χ2n) is 5.82. The number of benzene rings is 1. The molecule has 8 nitrogen and oxygen atoms in total. The maximum atomic E-state index is 12.6. The first-order valence-electron chi connectivity index (χ1n) is 7.49. The second-order valence-corrected chi connectivity index (χ2v) is 9.92. The van der Waals surface area contributed by atoms with Gasteiger partial charge in [-0.2, -0.15) is 4.31 Å². The van der Waals surface area contributed by atoms with Gasteiger partial charge in [-0.3, -0.25) is 0 Å². The van der Waals surface area contributed by atoms with Gasteiger partial charge in [0.2, 0.25) is 10.0 Å². The maximum absolute atomic E-state index is 12.6. The summed E-state index contributed by atoms with van der Waals surface area (Å²) >= 11 is 0. The van der Waals surface area contributed by atoms with Crippen molar-refractivity contribution < 1.29 is 26.1 Å². The normalized spacial score (nSPS) is 16.6. The van der Waals surface area contributed by atoms with Crippen molar-refractivity contribution in [2.45, 2.75) is 28.9 Å². The largest absolute Gasteiger partial charge is 0.497 e. The van der Waals surface area contributed by atoms with E-state index in [2.05, 4.69) is 5.16 Å². The van der Waals surface area contributed by atoms with Crippen molar-refractivity contribution >= 4 is 19.9 Å². The van der Waals surface area contributed by atoms with E-state index in [0.717, 1.165) is 4.31 Å². The molecule has 1 aliphatic rings. The zero-order valence-electron chi connectivity index (χ0n) is 14.0. The Morgan fingerprint density at radius 2 is 1.72 bits per heavy atom. The van der Waals surface area contributed by atoms with Crippen LogP contribution < -0.4 is 4.74 Å². The van der Waals surface area contributed by atoms with Crippen molar-refractivity contribution in [3.63, 3.8) is 0 Å². The molecule has 1 fully saturated rings. The van der Waals surface area contributed by atoms with Gasteiger partial charge in [0, 0.05) is 13.1 Å². The molecule has 0 bridgehead atoms. The molecule has 1 aromatic carbocycles. The number of rotatable bonds is 5. The van der Waals surface area contributed by atoms with Gasteiger partial charge in [-0.15, -0.1) is 0 Å². The first-order chi connectivity index (χ1) is 11.7. The molecular weight excluding hydrogens is 368 g/mol. The summed E-state index contributed by atoms with van der Waals surface area (Å²) in [5, 5.41) is 2.86. The van der Waals surface area contributed by atoms with Gasteiger partial charge >= 0.3 is 0 Å². The Hall–Kier alpha value is -1.91. The van der Waals surface area contributed by atoms with E-state index in [9.17, 15) is 16.8 Å². The second kappa shape index (κ2) is 6.11. The zero-order chi connectivity index (χ0) is 18.4. The number of aromatic nitrogens is 1. The molecule has 0 amide bonds. The third-order valence-corrected chi connectivity index (χ3v) is 8.39. The predicted molar refractivity (Wildman–Crippen MR) is 88.7 cm³/mol. The third kappa shape index (κ3) is 2.94. The van der Waals surface area contributed by atoms with Gasteiger partial charge in [0.1, 0.15) is 16.3 Å². The molecule has 1 aliphatic heterocycles. The van der Waals surface area contributed by atoms with Crippen LogP contribution in [0.1, 0.15) is 11.5 Å². The summed E-state index contributed by atoms with van der Waals surface area (Å²) in [6.07, 6.45) is 0. The highest BCUT2D eigenvalue weighted by molar-refractivity contribution is 7.92. The summed E-state index contributed by atoms with van der Waals surface area (Å²) in [6.45, 7) is 2.86. The molecule has 0 spiro atoms. The molecule has 0 N–H and O–H groups in total. The lowest BCUT2D eigenvalue weighted by Crippen LogP contribution is -2.56. The number of hydrogen-bond donors (Lipinski definition) is 0. The monoisotopic (exact) mass is 386 g/mol. The highest BCUT2D eigenvalue weighted by Crippen LogP contribution is 2.31. The first-order valence-corrected chi connectivity index (χ1v) is 10.5. The smallest absolute Gasteiger partial charge is 0.248 e. The third-order valence-electron chi connectivity index (χ3n) is 4.21. The molecule has 0 aliphatic carbocycles. The topological polar surface area (TPSA) is 107 Å². The Labute approximate surface area is 146 Å². The molecule has 1 saturated heterocycles. The fourth-order valence-corrected chi connectivity index (χ4v) is 6.39. The van der Waals surface area contributed by atoms with Crippen LogP contribution in [0.2, 0.25) is 0 Å². The summed E-state index contributed by atoms with van der Waals surface area (Å²) in [5.41, 5.74) is 0.263. The molecule has 3 rings (SSSR count). The number of hydrogen-bond acceptors (Lipinski definition) is 7. The highest BCUT2D eigenvalue weighted by Gasteiger charge is 2.45. The SMILES string of the molecule is COc1ccc(S(=O)(=O)C2CN(S(=O)(=O)c3c(C)noc3C)C2)cc1. The van der Waals surface area contributed by atoms with Gasteiger partial charge in [0.05, 0.1) is 17.3 Å². The Kier molecular flexibility index (Phi) is 4.38. The molecule has 0 atom stereocenters. The van der Waals surface area contributed by atoms with Crippen molar-refractivity contribution in [3.8, 4) is 5.75 Å². The minimum atomic E-state index is -3.81. The van der Waals surface area contributed by atoms with E-state index in [1.807, 2.05) is 0 Å². The minimum Gasteiger partial charge on any atom is -0.497 e. The minimum absolute atomic E-state index is 0.00722. The molecule has 1 aromatic heterocycles. The number of sulfone groups is 1. The Bertz CT molecular complexity index is 968. The van der Waals surface area contributed by atoms with E-state index in [0.29, 0.717) is 5.75 Å². The van der Waals surface area contributed by atoms with Crippen LogP contribution in [0.5, 0.6) is 5.75 Å². The lowest BCUT2D eigenvalue weighted by molar-refractivity contribution is 0.308. The average Bonchev–Trinajstić information content (AvgIpc) is 2.84. The summed E-state index contributed by atoms with van der Waals surface area (Å²) in [6, 6.07) is 6.03. The zero-order valence-corrected chi connectivity index (χ0v) is 15.6. The van der Waals surface area contributed by atoms with Crippen LogP contribution in [0.4, 0.5) is 0 Å². The Balaban J connectivity index is 1.79.